The molecule has 0 aliphatic carbocycles. The van der Waals surface area contributed by atoms with Crippen molar-refractivity contribution >= 4 is 16.6 Å². The molecule has 4 heteroatoms. The van der Waals surface area contributed by atoms with Gasteiger partial charge in [-0.05, 0) is 24.5 Å². The average molecular weight is 218 g/mol. The quantitative estimate of drug-likeness (QED) is 0.619. The fourth-order valence-electron chi connectivity index (χ4n) is 2.19. The first kappa shape index (κ1) is 10.7. The van der Waals surface area contributed by atoms with Gasteiger partial charge in [0.15, 0.2) is 0 Å². The lowest BCUT2D eigenvalue weighted by molar-refractivity contribution is -0.384. The minimum absolute atomic E-state index is 0.147. The number of H-pyrrole nitrogens is 1. The van der Waals surface area contributed by atoms with Crippen molar-refractivity contribution in [2.45, 2.75) is 26.7 Å². The van der Waals surface area contributed by atoms with Gasteiger partial charge in [-0.1, -0.05) is 13.8 Å². The van der Waals surface area contributed by atoms with Crippen LogP contribution in [0.4, 0.5) is 5.69 Å². The predicted octanol–water partition coefficient (Wildman–Crippen LogP) is 3.51. The van der Waals surface area contributed by atoms with Gasteiger partial charge in [0.2, 0.25) is 0 Å². The number of nitro groups is 1. The minimum atomic E-state index is -0.355. The van der Waals surface area contributed by atoms with Crippen molar-refractivity contribution in [2.24, 2.45) is 0 Å². The molecule has 0 unspecified atom stereocenters. The highest BCUT2D eigenvalue weighted by atomic mass is 16.6. The van der Waals surface area contributed by atoms with Crippen LogP contribution in [0.1, 0.15) is 31.0 Å². The lowest BCUT2D eigenvalue weighted by Crippen LogP contribution is -1.90. The van der Waals surface area contributed by atoms with Gasteiger partial charge in [-0.15, -0.1) is 0 Å². The minimum Gasteiger partial charge on any atom is -0.358 e. The number of benzene rings is 1. The Labute approximate surface area is 93.4 Å². The highest BCUT2D eigenvalue weighted by Gasteiger charge is 2.14. The summed E-state index contributed by atoms with van der Waals surface area (Å²) in [5.41, 5.74) is 3.37. The maximum Gasteiger partial charge on any atom is 0.270 e. The van der Waals surface area contributed by atoms with Gasteiger partial charge >= 0.3 is 0 Å². The van der Waals surface area contributed by atoms with Gasteiger partial charge < -0.3 is 4.98 Å². The highest BCUT2D eigenvalue weighted by Crippen LogP contribution is 2.31. The standard InChI is InChI=1S/C12H14N2O2/c1-7(2)12-8(3)13-11-5-4-9(14(15)16)6-10(11)12/h4-7,13H,1-3H3. The van der Waals surface area contributed by atoms with E-state index >= 15 is 0 Å². The van der Waals surface area contributed by atoms with E-state index < -0.39 is 0 Å². The summed E-state index contributed by atoms with van der Waals surface area (Å²) in [6.45, 7) is 6.18. The van der Waals surface area contributed by atoms with Crippen LogP contribution in [-0.4, -0.2) is 9.91 Å². The molecule has 2 aromatic rings. The van der Waals surface area contributed by atoms with Gasteiger partial charge in [0.05, 0.1) is 4.92 Å². The molecule has 4 nitrogen and oxygen atoms in total. The molecule has 0 amide bonds. The van der Waals surface area contributed by atoms with Crippen LogP contribution in [0.25, 0.3) is 10.9 Å². The third kappa shape index (κ3) is 1.56. The molecule has 1 aromatic heterocycles. The Bertz CT molecular complexity index is 555. The maximum absolute atomic E-state index is 10.7. The molecular weight excluding hydrogens is 204 g/mol. The zero-order valence-corrected chi connectivity index (χ0v) is 9.57. The van der Waals surface area contributed by atoms with E-state index in [1.807, 2.05) is 6.92 Å². The first-order valence-corrected chi connectivity index (χ1v) is 5.27. The lowest BCUT2D eigenvalue weighted by atomic mass is 9.99. The summed E-state index contributed by atoms with van der Waals surface area (Å²) in [4.78, 5) is 13.6. The Morgan fingerprint density at radius 1 is 1.38 bits per heavy atom. The van der Waals surface area contributed by atoms with E-state index in [4.69, 9.17) is 0 Å². The van der Waals surface area contributed by atoms with Crippen molar-refractivity contribution in [2.75, 3.05) is 0 Å². The highest BCUT2D eigenvalue weighted by molar-refractivity contribution is 5.87. The molecule has 1 aromatic carbocycles. The number of nitrogens with one attached hydrogen (secondary N) is 1. The van der Waals surface area contributed by atoms with Crippen molar-refractivity contribution in [1.82, 2.24) is 4.98 Å². The largest absolute Gasteiger partial charge is 0.358 e. The number of aryl methyl sites for hydroxylation is 1. The average Bonchev–Trinajstić information content (AvgIpc) is 2.51. The molecule has 0 saturated carbocycles. The van der Waals surface area contributed by atoms with Crippen LogP contribution in [0.5, 0.6) is 0 Å². The molecule has 2 rings (SSSR count). The van der Waals surface area contributed by atoms with Crippen LogP contribution in [0.2, 0.25) is 0 Å². The monoisotopic (exact) mass is 218 g/mol. The number of aromatic amines is 1. The van der Waals surface area contributed by atoms with Crippen LogP contribution in [-0.2, 0) is 0 Å². The number of non-ortho nitro benzene ring substituents is 1. The van der Waals surface area contributed by atoms with Gasteiger partial charge in [0.25, 0.3) is 5.69 Å². The fraction of sp³-hybridized carbons (Fsp3) is 0.333. The van der Waals surface area contributed by atoms with Crippen molar-refractivity contribution in [3.8, 4) is 0 Å². The zero-order chi connectivity index (χ0) is 11.9. The molecule has 1 N–H and O–H groups in total. The predicted molar refractivity (Wildman–Crippen MR) is 63.8 cm³/mol. The summed E-state index contributed by atoms with van der Waals surface area (Å²) in [5, 5.41) is 11.7. The van der Waals surface area contributed by atoms with E-state index in [0.717, 1.165) is 16.6 Å². The normalized spacial score (nSPS) is 11.2. The number of nitro benzene ring substituents is 1. The molecule has 84 valence electrons. The van der Waals surface area contributed by atoms with E-state index in [2.05, 4.69) is 18.8 Å². The molecule has 0 atom stereocenters. The molecular formula is C12H14N2O2. The number of hydrogen-bond acceptors (Lipinski definition) is 2. The van der Waals surface area contributed by atoms with Crippen LogP contribution in [0.3, 0.4) is 0 Å². The molecule has 0 radical (unpaired) electrons. The van der Waals surface area contributed by atoms with Crippen LogP contribution in [0.15, 0.2) is 18.2 Å². The summed E-state index contributed by atoms with van der Waals surface area (Å²) in [6, 6.07) is 4.95. The van der Waals surface area contributed by atoms with Crippen molar-refractivity contribution < 1.29 is 4.92 Å². The Hall–Kier alpha value is -1.84. The number of rotatable bonds is 2. The second-order valence-electron chi connectivity index (χ2n) is 4.31. The molecule has 0 fully saturated rings. The SMILES string of the molecule is Cc1[nH]c2ccc([N+](=O)[O-])cc2c1C(C)C. The smallest absolute Gasteiger partial charge is 0.270 e. The van der Waals surface area contributed by atoms with E-state index in [1.165, 1.54) is 11.6 Å². The van der Waals surface area contributed by atoms with Crippen LogP contribution >= 0.6 is 0 Å². The molecule has 16 heavy (non-hydrogen) atoms. The maximum atomic E-state index is 10.7. The summed E-state index contributed by atoms with van der Waals surface area (Å²) in [7, 11) is 0. The van der Waals surface area contributed by atoms with Crippen LogP contribution < -0.4 is 0 Å². The summed E-state index contributed by atoms with van der Waals surface area (Å²) in [5.74, 6) is 0.357. The summed E-state index contributed by atoms with van der Waals surface area (Å²) < 4.78 is 0. The van der Waals surface area contributed by atoms with E-state index in [1.54, 1.807) is 12.1 Å². The second kappa shape index (κ2) is 3.63. The van der Waals surface area contributed by atoms with Gasteiger partial charge in [-0.25, -0.2) is 0 Å². The molecule has 1 heterocycles. The number of nitrogens with zero attached hydrogens (tertiary/aromatic N) is 1. The summed E-state index contributed by atoms with van der Waals surface area (Å²) in [6.07, 6.45) is 0. The topological polar surface area (TPSA) is 58.9 Å². The third-order valence-electron chi connectivity index (χ3n) is 2.81. The Balaban J connectivity index is 2.74. The van der Waals surface area contributed by atoms with Gasteiger partial charge in [0, 0.05) is 28.7 Å². The molecule has 0 spiro atoms. The first-order valence-electron chi connectivity index (χ1n) is 5.27. The van der Waals surface area contributed by atoms with Crippen LogP contribution in [0, 0.1) is 17.0 Å². The lowest BCUT2D eigenvalue weighted by Gasteiger charge is -2.04. The van der Waals surface area contributed by atoms with E-state index in [9.17, 15) is 10.1 Å². The molecule has 0 aliphatic rings. The van der Waals surface area contributed by atoms with Crippen molar-refractivity contribution in [3.63, 3.8) is 0 Å². The summed E-state index contributed by atoms with van der Waals surface area (Å²) >= 11 is 0. The van der Waals surface area contributed by atoms with Crippen molar-refractivity contribution in [1.29, 1.82) is 0 Å². The van der Waals surface area contributed by atoms with E-state index in [-0.39, 0.29) is 10.6 Å². The van der Waals surface area contributed by atoms with Gasteiger partial charge in [0.1, 0.15) is 0 Å². The third-order valence-corrected chi connectivity index (χ3v) is 2.81. The Morgan fingerprint density at radius 3 is 2.62 bits per heavy atom. The van der Waals surface area contributed by atoms with Gasteiger partial charge in [-0.2, -0.15) is 0 Å². The van der Waals surface area contributed by atoms with Gasteiger partial charge in [-0.3, -0.25) is 10.1 Å². The number of fused-ring (bicyclic) bond motifs is 1. The second-order valence-corrected chi connectivity index (χ2v) is 4.31. The molecule has 0 saturated heterocycles. The molecule has 0 aliphatic heterocycles. The van der Waals surface area contributed by atoms with E-state index in [0.29, 0.717) is 5.92 Å². The number of aromatic nitrogens is 1. The number of hydrogen-bond donors (Lipinski definition) is 1. The fourth-order valence-corrected chi connectivity index (χ4v) is 2.19. The Morgan fingerprint density at radius 2 is 2.06 bits per heavy atom. The zero-order valence-electron chi connectivity index (χ0n) is 9.57. The Kier molecular flexibility index (Phi) is 2.42. The first-order chi connectivity index (χ1) is 7.50. The molecule has 0 bridgehead atoms. The van der Waals surface area contributed by atoms with Crippen molar-refractivity contribution in [3.05, 3.63) is 39.6 Å².